The lowest BCUT2D eigenvalue weighted by Gasteiger charge is -2.10. The van der Waals surface area contributed by atoms with Crippen molar-refractivity contribution in [2.75, 3.05) is 14.2 Å². The Bertz CT molecular complexity index is 1240. The highest BCUT2D eigenvalue weighted by atomic mass is 35.5. The Kier molecular flexibility index (Phi) is 6.06. The molecule has 0 saturated carbocycles. The summed E-state index contributed by atoms with van der Waals surface area (Å²) >= 11 is 6.06. The lowest BCUT2D eigenvalue weighted by atomic mass is 10.0. The number of carbonyl (C=O) groups excluding carboxylic acids is 1. The number of allylic oxidation sites excluding steroid dienone is 1. The van der Waals surface area contributed by atoms with Gasteiger partial charge >= 0.3 is 0 Å². The largest absolute Gasteiger partial charge is 0.493 e. The fourth-order valence-electron chi connectivity index (χ4n) is 3.45. The van der Waals surface area contributed by atoms with E-state index in [1.807, 2.05) is 13.0 Å². The zero-order chi connectivity index (χ0) is 22.8. The predicted octanol–water partition coefficient (Wildman–Crippen LogP) is 6.00. The van der Waals surface area contributed by atoms with E-state index >= 15 is 0 Å². The summed E-state index contributed by atoms with van der Waals surface area (Å²) in [4.78, 5) is 12.9. The van der Waals surface area contributed by atoms with Crippen molar-refractivity contribution in [2.45, 2.75) is 13.5 Å². The molecule has 0 unspecified atom stereocenters. The second kappa shape index (κ2) is 8.93. The first-order valence-corrected chi connectivity index (χ1v) is 10.1. The number of hydrogen-bond acceptors (Lipinski definition) is 5. The average molecular weight is 455 g/mol. The topological polar surface area (TPSA) is 54.0 Å². The number of hydrogen-bond donors (Lipinski definition) is 0. The molecule has 0 saturated heterocycles. The molecular formula is C25H20ClFO5. The van der Waals surface area contributed by atoms with Crippen LogP contribution in [0.5, 0.6) is 23.0 Å². The summed E-state index contributed by atoms with van der Waals surface area (Å²) in [6.45, 7) is 1.97. The van der Waals surface area contributed by atoms with Gasteiger partial charge in [0.25, 0.3) is 0 Å². The molecule has 0 N–H and O–H groups in total. The van der Waals surface area contributed by atoms with Crippen LogP contribution in [0.3, 0.4) is 0 Å². The fourth-order valence-corrected chi connectivity index (χ4v) is 3.68. The van der Waals surface area contributed by atoms with Crippen LogP contribution in [0.1, 0.15) is 27.0 Å². The van der Waals surface area contributed by atoms with Crippen molar-refractivity contribution in [2.24, 2.45) is 0 Å². The maximum atomic E-state index is 13.2. The second-order valence-corrected chi connectivity index (χ2v) is 7.60. The van der Waals surface area contributed by atoms with Crippen molar-refractivity contribution in [1.29, 1.82) is 0 Å². The maximum absolute atomic E-state index is 13.2. The zero-order valence-corrected chi connectivity index (χ0v) is 18.5. The number of benzene rings is 3. The van der Waals surface area contributed by atoms with Crippen LogP contribution < -0.4 is 18.9 Å². The molecule has 1 aliphatic rings. The number of methoxy groups -OCH3 is 2. The molecule has 164 valence electrons. The highest BCUT2D eigenvalue weighted by Gasteiger charge is 2.30. The van der Waals surface area contributed by atoms with Gasteiger partial charge in [0.2, 0.25) is 5.78 Å². The standard InChI is InChI=1S/C25H20ClFO5/c1-14-8-18(31-13-16-5-6-17(27)11-19(16)26)12-22-24(14)25(28)23(32-22)10-15-4-7-20(29-2)21(9-15)30-3/h4-12H,13H2,1-3H3/b23-10-. The van der Waals surface area contributed by atoms with Crippen molar-refractivity contribution in [3.63, 3.8) is 0 Å². The average Bonchev–Trinajstić information content (AvgIpc) is 3.08. The highest BCUT2D eigenvalue weighted by Crippen LogP contribution is 2.38. The normalized spacial score (nSPS) is 13.7. The third-order valence-electron chi connectivity index (χ3n) is 5.06. The number of rotatable bonds is 6. The number of ketones is 1. The Hall–Kier alpha value is -3.51. The summed E-state index contributed by atoms with van der Waals surface area (Å²) in [6, 6.07) is 12.9. The van der Waals surface area contributed by atoms with Crippen molar-refractivity contribution in [1.82, 2.24) is 0 Å². The molecule has 3 aromatic rings. The molecule has 3 aromatic carbocycles. The highest BCUT2D eigenvalue weighted by molar-refractivity contribution is 6.31. The number of Topliss-reactive ketones (excluding diaryl/α,β-unsaturated/α-hetero) is 1. The lowest BCUT2D eigenvalue weighted by molar-refractivity contribution is 0.101. The lowest BCUT2D eigenvalue weighted by Crippen LogP contribution is -2.00. The van der Waals surface area contributed by atoms with Crippen LogP contribution in [0.15, 0.2) is 54.3 Å². The summed E-state index contributed by atoms with van der Waals surface area (Å²) in [5.41, 5.74) is 2.60. The third-order valence-corrected chi connectivity index (χ3v) is 5.41. The molecule has 0 atom stereocenters. The molecule has 1 heterocycles. The zero-order valence-electron chi connectivity index (χ0n) is 17.7. The fraction of sp³-hybridized carbons (Fsp3) is 0.160. The van der Waals surface area contributed by atoms with E-state index in [2.05, 4.69) is 0 Å². The van der Waals surface area contributed by atoms with Crippen molar-refractivity contribution < 1.29 is 28.1 Å². The molecule has 0 fully saturated rings. The number of carbonyl (C=O) groups is 1. The van der Waals surface area contributed by atoms with Gasteiger partial charge in [-0.1, -0.05) is 23.7 Å². The summed E-state index contributed by atoms with van der Waals surface area (Å²) in [7, 11) is 3.11. The van der Waals surface area contributed by atoms with Gasteiger partial charge in [0.05, 0.1) is 24.8 Å². The molecule has 0 radical (unpaired) electrons. The number of halogens is 2. The van der Waals surface area contributed by atoms with E-state index in [1.165, 1.54) is 12.1 Å². The van der Waals surface area contributed by atoms with E-state index in [0.717, 1.165) is 11.1 Å². The molecule has 0 bridgehead atoms. The van der Waals surface area contributed by atoms with E-state index in [-0.39, 0.29) is 23.2 Å². The Labute approximate surface area is 189 Å². The van der Waals surface area contributed by atoms with Gasteiger partial charge in [-0.25, -0.2) is 4.39 Å². The molecule has 5 nitrogen and oxygen atoms in total. The molecule has 0 aromatic heterocycles. The van der Waals surface area contributed by atoms with Crippen LogP contribution in [0.2, 0.25) is 5.02 Å². The Morgan fingerprint density at radius 1 is 1.03 bits per heavy atom. The van der Waals surface area contributed by atoms with Gasteiger partial charge in [-0.2, -0.15) is 0 Å². The van der Waals surface area contributed by atoms with Gasteiger partial charge in [0, 0.05) is 11.6 Å². The summed E-state index contributed by atoms with van der Waals surface area (Å²) < 4.78 is 35.5. The summed E-state index contributed by atoms with van der Waals surface area (Å²) in [5, 5.41) is 0.287. The molecule has 4 rings (SSSR count). The van der Waals surface area contributed by atoms with Gasteiger partial charge in [-0.05, 0) is 54.5 Å². The van der Waals surface area contributed by atoms with Crippen molar-refractivity contribution >= 4 is 23.5 Å². The van der Waals surface area contributed by atoms with Crippen LogP contribution in [0.25, 0.3) is 6.08 Å². The number of fused-ring (bicyclic) bond motifs is 1. The first-order valence-electron chi connectivity index (χ1n) is 9.77. The minimum absolute atomic E-state index is 0.152. The number of aryl methyl sites for hydroxylation is 1. The molecule has 1 aliphatic heterocycles. The van der Waals surface area contributed by atoms with Crippen LogP contribution in [0, 0.1) is 12.7 Å². The van der Waals surface area contributed by atoms with Crippen molar-refractivity contribution in [3.05, 3.63) is 87.4 Å². The molecule has 0 spiro atoms. The van der Waals surface area contributed by atoms with Crippen LogP contribution >= 0.6 is 11.6 Å². The molecule has 0 amide bonds. The van der Waals surface area contributed by atoms with Crippen LogP contribution in [-0.2, 0) is 6.61 Å². The Balaban J connectivity index is 1.57. The Morgan fingerprint density at radius 2 is 1.81 bits per heavy atom. The molecule has 32 heavy (non-hydrogen) atoms. The van der Waals surface area contributed by atoms with Gasteiger partial charge in [0.15, 0.2) is 17.3 Å². The monoisotopic (exact) mass is 454 g/mol. The minimum atomic E-state index is -0.409. The van der Waals surface area contributed by atoms with Gasteiger partial charge in [-0.15, -0.1) is 0 Å². The van der Waals surface area contributed by atoms with E-state index in [4.69, 9.17) is 30.5 Å². The van der Waals surface area contributed by atoms with E-state index in [1.54, 1.807) is 50.6 Å². The van der Waals surface area contributed by atoms with Crippen LogP contribution in [-0.4, -0.2) is 20.0 Å². The number of ether oxygens (including phenoxy) is 4. The van der Waals surface area contributed by atoms with Gasteiger partial charge in [0.1, 0.15) is 23.9 Å². The van der Waals surface area contributed by atoms with Crippen LogP contribution in [0.4, 0.5) is 4.39 Å². The van der Waals surface area contributed by atoms with E-state index in [0.29, 0.717) is 34.1 Å². The first-order chi connectivity index (χ1) is 15.4. The SMILES string of the molecule is COc1ccc(/C=C2\Oc3cc(OCc4ccc(F)cc4Cl)cc(C)c3C2=O)cc1OC. The van der Waals surface area contributed by atoms with Gasteiger partial charge < -0.3 is 18.9 Å². The third kappa shape index (κ3) is 4.27. The quantitative estimate of drug-likeness (QED) is 0.427. The molecular weight excluding hydrogens is 435 g/mol. The smallest absolute Gasteiger partial charge is 0.232 e. The summed E-state index contributed by atoms with van der Waals surface area (Å²) in [5.74, 6) is 1.66. The first kappa shape index (κ1) is 21.7. The Morgan fingerprint density at radius 3 is 2.53 bits per heavy atom. The predicted molar refractivity (Wildman–Crippen MR) is 119 cm³/mol. The van der Waals surface area contributed by atoms with Gasteiger partial charge in [-0.3, -0.25) is 4.79 Å². The maximum Gasteiger partial charge on any atom is 0.232 e. The minimum Gasteiger partial charge on any atom is -0.493 e. The molecule has 7 heteroatoms. The van der Waals surface area contributed by atoms with E-state index < -0.39 is 5.82 Å². The summed E-state index contributed by atoms with van der Waals surface area (Å²) in [6.07, 6.45) is 1.66. The van der Waals surface area contributed by atoms with E-state index in [9.17, 15) is 9.18 Å². The van der Waals surface area contributed by atoms with Crippen molar-refractivity contribution in [3.8, 4) is 23.0 Å². The molecule has 0 aliphatic carbocycles. The second-order valence-electron chi connectivity index (χ2n) is 7.19.